The lowest BCUT2D eigenvalue weighted by molar-refractivity contribution is 0.0493. The highest BCUT2D eigenvalue weighted by Gasteiger charge is 2.15. The van der Waals surface area contributed by atoms with Crippen LogP contribution >= 0.6 is 0 Å². The first-order valence-electron chi connectivity index (χ1n) is 4.18. The van der Waals surface area contributed by atoms with Crippen LogP contribution < -0.4 is 17.4 Å². The zero-order valence-corrected chi connectivity index (χ0v) is 8.62. The summed E-state index contributed by atoms with van der Waals surface area (Å²) in [6.07, 6.45) is 0. The molecule has 0 bridgehead atoms. The number of nitrogens with two attached hydrogens (primary N) is 3. The number of benzene rings is 1. The maximum Gasteiger partial charge on any atom is 0.357 e. The van der Waals surface area contributed by atoms with Gasteiger partial charge in [-0.1, -0.05) is 12.1 Å². The minimum Gasteiger partial charge on any atom is -0.478 e. The van der Waals surface area contributed by atoms with Crippen LogP contribution in [0, 0.1) is 0 Å². The Bertz CT molecular complexity index is 428. The van der Waals surface area contributed by atoms with Crippen LogP contribution in [0.1, 0.15) is 20.7 Å². The van der Waals surface area contributed by atoms with E-state index in [1.165, 1.54) is 24.3 Å². The minimum atomic E-state index is -1.19. The van der Waals surface area contributed by atoms with E-state index in [0.29, 0.717) is 0 Å². The molecule has 0 unspecified atom stereocenters. The Kier molecular flexibility index (Phi) is 5.75. The van der Waals surface area contributed by atoms with E-state index in [4.69, 9.17) is 9.90 Å². The quantitative estimate of drug-likeness (QED) is 0.508. The highest BCUT2D eigenvalue weighted by atomic mass is 16.7. The van der Waals surface area contributed by atoms with E-state index in [1.807, 2.05) is 0 Å². The number of carbonyl (C=O) groups is 3. The molecule has 0 saturated heterocycles. The Hall–Kier alpha value is -2.61. The topological polar surface area (TPSA) is 159 Å². The Balaban J connectivity index is 0.000000557. The van der Waals surface area contributed by atoms with Gasteiger partial charge in [-0.3, -0.25) is 0 Å². The smallest absolute Gasteiger partial charge is 0.357 e. The van der Waals surface area contributed by atoms with Crippen LogP contribution in [0.4, 0.5) is 4.79 Å². The summed E-state index contributed by atoms with van der Waals surface area (Å²) >= 11 is 0. The molecule has 8 nitrogen and oxygen atoms in total. The molecule has 0 spiro atoms. The summed E-state index contributed by atoms with van der Waals surface area (Å²) in [7, 11) is 0. The highest BCUT2D eigenvalue weighted by Crippen LogP contribution is 2.09. The van der Waals surface area contributed by atoms with Gasteiger partial charge in [0.05, 0.1) is 11.1 Å². The van der Waals surface area contributed by atoms with Crippen molar-refractivity contribution in [3.05, 3.63) is 35.4 Å². The molecular weight excluding hydrogens is 230 g/mol. The predicted octanol–water partition coefficient (Wildman–Crippen LogP) is -0.561. The number of carboxylic acid groups (broad SMARTS) is 1. The summed E-state index contributed by atoms with van der Waals surface area (Å²) in [5, 5.41) is 8.66. The Morgan fingerprint density at radius 1 is 1.06 bits per heavy atom. The molecule has 0 aliphatic carbocycles. The standard InChI is InChI=1S/C8H7NO4.CH4N2O/c9-13-8(12)6-4-2-1-3-5(6)7(10)11;2-1(3)4/h1-4H,9H2,(H,10,11);(H4,2,3,4). The van der Waals surface area contributed by atoms with Gasteiger partial charge in [-0.05, 0) is 12.1 Å². The van der Waals surface area contributed by atoms with Gasteiger partial charge < -0.3 is 21.4 Å². The van der Waals surface area contributed by atoms with Gasteiger partial charge in [0.1, 0.15) is 0 Å². The van der Waals surface area contributed by atoms with Crippen LogP contribution in [-0.4, -0.2) is 23.1 Å². The fourth-order valence-corrected chi connectivity index (χ4v) is 0.911. The Labute approximate surface area is 95.9 Å². The van der Waals surface area contributed by atoms with Gasteiger partial charge in [0.25, 0.3) is 0 Å². The average molecular weight is 241 g/mol. The van der Waals surface area contributed by atoms with E-state index in [9.17, 15) is 9.59 Å². The second-order valence-corrected chi connectivity index (χ2v) is 2.66. The van der Waals surface area contributed by atoms with E-state index in [1.54, 1.807) is 0 Å². The summed E-state index contributed by atoms with van der Waals surface area (Å²) < 4.78 is 0. The van der Waals surface area contributed by atoms with Gasteiger partial charge >= 0.3 is 18.0 Å². The van der Waals surface area contributed by atoms with Crippen LogP contribution in [0.5, 0.6) is 0 Å². The molecule has 1 rings (SSSR count). The first-order chi connectivity index (χ1) is 7.90. The second-order valence-electron chi connectivity index (χ2n) is 2.66. The second kappa shape index (κ2) is 6.80. The lowest BCUT2D eigenvalue weighted by Crippen LogP contribution is -2.18. The number of primary amides is 2. The van der Waals surface area contributed by atoms with Gasteiger partial charge in [-0.25, -0.2) is 14.4 Å². The Morgan fingerprint density at radius 2 is 1.47 bits per heavy atom. The van der Waals surface area contributed by atoms with Crippen LogP contribution in [0.25, 0.3) is 0 Å². The van der Waals surface area contributed by atoms with Crippen molar-refractivity contribution in [3.63, 3.8) is 0 Å². The number of hydrogen-bond donors (Lipinski definition) is 4. The molecule has 0 aromatic heterocycles. The third-order valence-electron chi connectivity index (χ3n) is 1.48. The van der Waals surface area contributed by atoms with E-state index in [2.05, 4.69) is 22.2 Å². The van der Waals surface area contributed by atoms with Crippen molar-refractivity contribution in [1.82, 2.24) is 0 Å². The first kappa shape index (κ1) is 14.4. The highest BCUT2D eigenvalue weighted by molar-refractivity contribution is 6.02. The molecule has 92 valence electrons. The molecule has 0 heterocycles. The number of carboxylic acids is 1. The molecular formula is C9H11N3O5. The van der Waals surface area contributed by atoms with Crippen molar-refractivity contribution < 1.29 is 24.3 Å². The van der Waals surface area contributed by atoms with Crippen molar-refractivity contribution in [1.29, 1.82) is 0 Å². The predicted molar refractivity (Wildman–Crippen MR) is 56.8 cm³/mol. The van der Waals surface area contributed by atoms with Crippen molar-refractivity contribution in [2.75, 3.05) is 0 Å². The van der Waals surface area contributed by atoms with Crippen molar-refractivity contribution in [3.8, 4) is 0 Å². The van der Waals surface area contributed by atoms with E-state index in [0.717, 1.165) is 0 Å². The van der Waals surface area contributed by atoms with Crippen molar-refractivity contribution in [2.45, 2.75) is 0 Å². The number of carbonyl (C=O) groups excluding carboxylic acids is 2. The number of urea groups is 1. The largest absolute Gasteiger partial charge is 0.478 e. The minimum absolute atomic E-state index is 0.0579. The average Bonchev–Trinajstić information content (AvgIpc) is 2.27. The summed E-state index contributed by atoms with van der Waals surface area (Å²) in [4.78, 5) is 34.4. The lowest BCUT2D eigenvalue weighted by atomic mass is 10.1. The zero-order valence-electron chi connectivity index (χ0n) is 8.62. The molecule has 0 radical (unpaired) electrons. The summed E-state index contributed by atoms with van der Waals surface area (Å²) in [6, 6.07) is 4.84. The van der Waals surface area contributed by atoms with E-state index in [-0.39, 0.29) is 11.1 Å². The Morgan fingerprint density at radius 3 is 1.82 bits per heavy atom. The summed E-state index contributed by atoms with van der Waals surface area (Å²) in [5.41, 5.74) is 8.32. The molecule has 17 heavy (non-hydrogen) atoms. The number of hydrogen-bond acceptors (Lipinski definition) is 5. The molecule has 0 fully saturated rings. The van der Waals surface area contributed by atoms with E-state index < -0.39 is 18.0 Å². The molecule has 7 N–H and O–H groups in total. The molecule has 0 aliphatic heterocycles. The van der Waals surface area contributed by atoms with Crippen molar-refractivity contribution >= 4 is 18.0 Å². The van der Waals surface area contributed by atoms with Crippen LogP contribution in [-0.2, 0) is 4.84 Å². The molecule has 1 aromatic carbocycles. The third kappa shape index (κ3) is 5.14. The van der Waals surface area contributed by atoms with E-state index >= 15 is 0 Å². The molecule has 0 saturated carbocycles. The fraction of sp³-hybridized carbons (Fsp3) is 0. The maximum atomic E-state index is 10.9. The molecule has 8 heteroatoms. The van der Waals surface area contributed by atoms with Crippen LogP contribution in [0.15, 0.2) is 24.3 Å². The molecule has 2 amide bonds. The van der Waals surface area contributed by atoms with Crippen molar-refractivity contribution in [2.24, 2.45) is 17.4 Å². The summed E-state index contributed by atoms with van der Waals surface area (Å²) in [6.45, 7) is 0. The zero-order chi connectivity index (χ0) is 13.4. The van der Waals surface area contributed by atoms with Gasteiger partial charge in [0, 0.05) is 0 Å². The third-order valence-corrected chi connectivity index (χ3v) is 1.48. The van der Waals surface area contributed by atoms with Gasteiger partial charge in [0.2, 0.25) is 0 Å². The van der Waals surface area contributed by atoms with Gasteiger partial charge in [0.15, 0.2) is 0 Å². The SMILES string of the molecule is NC(N)=O.NOC(=O)c1ccccc1C(=O)O. The summed E-state index contributed by atoms with van der Waals surface area (Å²) in [5.74, 6) is 2.57. The monoisotopic (exact) mass is 241 g/mol. The van der Waals surface area contributed by atoms with Gasteiger partial charge in [-0.2, -0.15) is 5.90 Å². The molecule has 1 aromatic rings. The molecule has 0 aliphatic rings. The normalized spacial score (nSPS) is 8.53. The van der Waals surface area contributed by atoms with Crippen LogP contribution in [0.3, 0.4) is 0 Å². The van der Waals surface area contributed by atoms with Gasteiger partial charge in [-0.15, -0.1) is 0 Å². The maximum absolute atomic E-state index is 10.9. The molecule has 0 atom stereocenters. The number of amides is 2. The lowest BCUT2D eigenvalue weighted by Gasteiger charge is -2.01. The first-order valence-corrected chi connectivity index (χ1v) is 4.18. The number of aromatic carboxylic acids is 1. The van der Waals surface area contributed by atoms with Crippen LogP contribution in [0.2, 0.25) is 0 Å². The number of rotatable bonds is 2. The fourth-order valence-electron chi connectivity index (χ4n) is 0.911.